The lowest BCUT2D eigenvalue weighted by atomic mass is 10.1. The van der Waals surface area contributed by atoms with E-state index in [2.05, 4.69) is 5.32 Å². The average molecular weight is 331 g/mol. The van der Waals surface area contributed by atoms with Gasteiger partial charge in [-0.1, -0.05) is 18.2 Å². The maximum atomic E-state index is 12.8. The van der Waals surface area contributed by atoms with Crippen molar-refractivity contribution in [2.75, 3.05) is 13.7 Å². The zero-order chi connectivity index (χ0) is 17.5. The van der Waals surface area contributed by atoms with Gasteiger partial charge in [0, 0.05) is 6.54 Å². The van der Waals surface area contributed by atoms with Crippen molar-refractivity contribution in [3.05, 3.63) is 65.0 Å². The van der Waals surface area contributed by atoms with Crippen LogP contribution >= 0.6 is 0 Å². The highest BCUT2D eigenvalue weighted by Crippen LogP contribution is 2.19. The molecule has 1 amide bonds. The lowest BCUT2D eigenvalue weighted by Gasteiger charge is -2.09. The van der Waals surface area contributed by atoms with E-state index in [0.29, 0.717) is 11.3 Å². The second-order valence-corrected chi connectivity index (χ2v) is 5.16. The van der Waals surface area contributed by atoms with Gasteiger partial charge in [-0.3, -0.25) is 4.79 Å². The Morgan fingerprint density at radius 2 is 1.83 bits per heavy atom. The summed E-state index contributed by atoms with van der Waals surface area (Å²) in [7, 11) is 1.51. The Hall–Kier alpha value is -2.89. The summed E-state index contributed by atoms with van der Waals surface area (Å²) in [6.07, 6.45) is 0. The van der Waals surface area contributed by atoms with Crippen LogP contribution in [0.15, 0.2) is 42.5 Å². The van der Waals surface area contributed by atoms with E-state index in [4.69, 9.17) is 9.47 Å². The van der Waals surface area contributed by atoms with Crippen molar-refractivity contribution < 1.29 is 23.5 Å². The molecule has 0 bridgehead atoms. The Labute approximate surface area is 139 Å². The van der Waals surface area contributed by atoms with E-state index in [0.717, 1.165) is 11.1 Å². The highest BCUT2D eigenvalue weighted by Gasteiger charge is 2.12. The first-order chi connectivity index (χ1) is 11.5. The summed E-state index contributed by atoms with van der Waals surface area (Å²) in [5.74, 6) is -0.810. The first kappa shape index (κ1) is 17.5. The van der Waals surface area contributed by atoms with Gasteiger partial charge in [0.05, 0.1) is 12.7 Å². The molecule has 5 nitrogen and oxygen atoms in total. The number of carbonyl (C=O) groups excluding carboxylic acids is 2. The zero-order valence-electron chi connectivity index (χ0n) is 13.5. The van der Waals surface area contributed by atoms with E-state index >= 15 is 0 Å². The number of halogens is 1. The van der Waals surface area contributed by atoms with Crippen molar-refractivity contribution in [3.63, 3.8) is 0 Å². The summed E-state index contributed by atoms with van der Waals surface area (Å²) in [6.45, 7) is 1.70. The van der Waals surface area contributed by atoms with Gasteiger partial charge in [0.15, 0.2) is 6.61 Å². The summed E-state index contributed by atoms with van der Waals surface area (Å²) in [5.41, 5.74) is 1.95. The Kier molecular flexibility index (Phi) is 5.89. The van der Waals surface area contributed by atoms with Crippen LogP contribution in [0.2, 0.25) is 0 Å². The van der Waals surface area contributed by atoms with Crippen molar-refractivity contribution in [2.45, 2.75) is 13.5 Å². The third-order valence-electron chi connectivity index (χ3n) is 3.38. The van der Waals surface area contributed by atoms with E-state index in [9.17, 15) is 14.0 Å². The van der Waals surface area contributed by atoms with Gasteiger partial charge in [-0.2, -0.15) is 0 Å². The standard InChI is InChI=1S/C18H18FNO4/c1-12-3-6-14(9-16(12)23-2)18(22)24-11-17(21)20-10-13-4-7-15(19)8-5-13/h3-9H,10-11H2,1-2H3,(H,20,21). The molecule has 6 heteroatoms. The maximum Gasteiger partial charge on any atom is 0.338 e. The molecule has 0 spiro atoms. The average Bonchev–Trinajstić information content (AvgIpc) is 2.59. The fraction of sp³-hybridized carbons (Fsp3) is 0.222. The van der Waals surface area contributed by atoms with Crippen LogP contribution < -0.4 is 10.1 Å². The van der Waals surface area contributed by atoms with Crippen LogP contribution in [-0.2, 0) is 16.1 Å². The van der Waals surface area contributed by atoms with Gasteiger partial charge < -0.3 is 14.8 Å². The molecule has 126 valence electrons. The van der Waals surface area contributed by atoms with Gasteiger partial charge in [-0.15, -0.1) is 0 Å². The SMILES string of the molecule is COc1cc(C(=O)OCC(=O)NCc2ccc(F)cc2)ccc1C. The third-order valence-corrected chi connectivity index (χ3v) is 3.38. The van der Waals surface area contributed by atoms with Gasteiger partial charge >= 0.3 is 5.97 Å². The van der Waals surface area contributed by atoms with Crippen LogP contribution in [0.5, 0.6) is 5.75 Å². The number of hydrogen-bond acceptors (Lipinski definition) is 4. The molecule has 2 rings (SSSR count). The van der Waals surface area contributed by atoms with Gasteiger partial charge in [-0.25, -0.2) is 9.18 Å². The van der Waals surface area contributed by atoms with E-state index in [1.54, 1.807) is 30.3 Å². The molecule has 2 aromatic rings. The molecule has 0 unspecified atom stereocenters. The van der Waals surface area contributed by atoms with Gasteiger partial charge in [0.1, 0.15) is 11.6 Å². The van der Waals surface area contributed by atoms with Crippen molar-refractivity contribution in [3.8, 4) is 5.75 Å². The molecular formula is C18H18FNO4. The van der Waals surface area contributed by atoms with Crippen molar-refractivity contribution >= 4 is 11.9 Å². The Bertz CT molecular complexity index is 728. The van der Waals surface area contributed by atoms with E-state index in [1.807, 2.05) is 6.92 Å². The monoisotopic (exact) mass is 331 g/mol. The number of hydrogen-bond donors (Lipinski definition) is 1. The molecule has 2 aromatic carbocycles. The van der Waals surface area contributed by atoms with Crippen molar-refractivity contribution in [1.29, 1.82) is 0 Å². The number of esters is 1. The van der Waals surface area contributed by atoms with Crippen LogP contribution in [0.4, 0.5) is 4.39 Å². The molecular weight excluding hydrogens is 313 g/mol. The molecule has 0 radical (unpaired) electrons. The summed E-state index contributed by atoms with van der Waals surface area (Å²) in [4.78, 5) is 23.7. The Morgan fingerprint density at radius 1 is 1.12 bits per heavy atom. The summed E-state index contributed by atoms with van der Waals surface area (Å²) >= 11 is 0. The molecule has 0 heterocycles. The summed E-state index contributed by atoms with van der Waals surface area (Å²) in [6, 6.07) is 10.7. The second kappa shape index (κ2) is 8.10. The van der Waals surface area contributed by atoms with Gasteiger partial charge in [-0.05, 0) is 42.3 Å². The number of methoxy groups -OCH3 is 1. The van der Waals surface area contributed by atoms with Crippen LogP contribution in [0, 0.1) is 12.7 Å². The lowest BCUT2D eigenvalue weighted by molar-refractivity contribution is -0.124. The lowest BCUT2D eigenvalue weighted by Crippen LogP contribution is -2.28. The number of carbonyl (C=O) groups is 2. The van der Waals surface area contributed by atoms with Crippen LogP contribution in [0.3, 0.4) is 0 Å². The number of aryl methyl sites for hydroxylation is 1. The normalized spacial score (nSPS) is 10.1. The van der Waals surface area contributed by atoms with Gasteiger partial charge in [0.2, 0.25) is 0 Å². The van der Waals surface area contributed by atoms with Crippen molar-refractivity contribution in [1.82, 2.24) is 5.32 Å². The fourth-order valence-corrected chi connectivity index (χ4v) is 2.02. The number of rotatable bonds is 6. The smallest absolute Gasteiger partial charge is 0.338 e. The number of amides is 1. The minimum atomic E-state index is -0.606. The highest BCUT2D eigenvalue weighted by molar-refractivity contribution is 5.91. The minimum absolute atomic E-state index is 0.231. The molecule has 0 fully saturated rings. The van der Waals surface area contributed by atoms with E-state index in [1.165, 1.54) is 19.2 Å². The van der Waals surface area contributed by atoms with Crippen molar-refractivity contribution in [2.24, 2.45) is 0 Å². The largest absolute Gasteiger partial charge is 0.496 e. The molecule has 24 heavy (non-hydrogen) atoms. The fourth-order valence-electron chi connectivity index (χ4n) is 2.02. The van der Waals surface area contributed by atoms with E-state index in [-0.39, 0.29) is 12.4 Å². The molecule has 0 aliphatic rings. The van der Waals surface area contributed by atoms with Gasteiger partial charge in [0.25, 0.3) is 5.91 Å². The second-order valence-electron chi connectivity index (χ2n) is 5.16. The van der Waals surface area contributed by atoms with Crippen LogP contribution in [0.25, 0.3) is 0 Å². The maximum absolute atomic E-state index is 12.8. The van der Waals surface area contributed by atoms with Crippen LogP contribution in [0.1, 0.15) is 21.5 Å². The Morgan fingerprint density at radius 3 is 2.50 bits per heavy atom. The number of nitrogens with one attached hydrogen (secondary N) is 1. The third kappa shape index (κ3) is 4.81. The molecule has 0 saturated carbocycles. The number of benzene rings is 2. The first-order valence-corrected chi connectivity index (χ1v) is 7.32. The summed E-state index contributed by atoms with van der Waals surface area (Å²) < 4.78 is 22.9. The Balaban J connectivity index is 1.82. The molecule has 0 aromatic heterocycles. The zero-order valence-corrected chi connectivity index (χ0v) is 13.5. The molecule has 1 N–H and O–H groups in total. The van der Waals surface area contributed by atoms with E-state index < -0.39 is 18.5 Å². The quantitative estimate of drug-likeness (QED) is 0.827. The predicted molar refractivity (Wildman–Crippen MR) is 86.3 cm³/mol. The number of ether oxygens (including phenoxy) is 2. The molecule has 0 saturated heterocycles. The topological polar surface area (TPSA) is 64.6 Å². The van der Waals surface area contributed by atoms with Crippen LogP contribution in [-0.4, -0.2) is 25.6 Å². The molecule has 0 atom stereocenters. The minimum Gasteiger partial charge on any atom is -0.496 e. The molecule has 0 aliphatic heterocycles. The molecule has 0 aliphatic carbocycles. The first-order valence-electron chi connectivity index (χ1n) is 7.32. The highest BCUT2D eigenvalue weighted by atomic mass is 19.1. The predicted octanol–water partition coefficient (Wildman–Crippen LogP) is 2.62. The summed E-state index contributed by atoms with van der Waals surface area (Å²) in [5, 5.41) is 2.59.